The Morgan fingerprint density at radius 1 is 1.15 bits per heavy atom. The van der Waals surface area contributed by atoms with E-state index in [0.29, 0.717) is 17.2 Å². The van der Waals surface area contributed by atoms with E-state index in [9.17, 15) is 0 Å². The lowest BCUT2D eigenvalue weighted by Crippen LogP contribution is -1.99. The number of aliphatic hydroxyl groups is 1. The molecule has 0 aliphatic heterocycles. The maximum Gasteiger partial charge on any atom is 0.206 e. The molecule has 13 heavy (non-hydrogen) atoms. The van der Waals surface area contributed by atoms with Crippen LogP contribution in [0.1, 0.15) is 0 Å². The van der Waals surface area contributed by atoms with E-state index in [1.54, 1.807) is 18.2 Å². The average molecular weight is 184 g/mol. The normalized spacial score (nSPS) is 9.46. The first-order chi connectivity index (χ1) is 6.33. The van der Waals surface area contributed by atoms with Crippen LogP contribution in [0.3, 0.4) is 0 Å². The average Bonchev–Trinajstić information content (AvgIpc) is 2.18. The minimum atomic E-state index is -0.406. The highest BCUT2D eigenvalue weighted by atomic mass is 16.6. The lowest BCUT2D eigenvalue weighted by Gasteiger charge is -2.11. The van der Waals surface area contributed by atoms with Crippen molar-refractivity contribution in [2.75, 3.05) is 21.0 Å². The highest BCUT2D eigenvalue weighted by molar-refractivity contribution is 5.50. The number of methoxy groups -OCH3 is 2. The maximum absolute atomic E-state index is 8.63. The Morgan fingerprint density at radius 2 is 1.69 bits per heavy atom. The summed E-state index contributed by atoms with van der Waals surface area (Å²) in [6.45, 7) is -0.406. The van der Waals surface area contributed by atoms with Crippen molar-refractivity contribution in [2.24, 2.45) is 0 Å². The molecule has 0 saturated carbocycles. The third-order valence-electron chi connectivity index (χ3n) is 1.59. The van der Waals surface area contributed by atoms with Gasteiger partial charge in [0.2, 0.25) is 5.75 Å². The zero-order chi connectivity index (χ0) is 9.68. The van der Waals surface area contributed by atoms with Crippen molar-refractivity contribution >= 4 is 0 Å². The van der Waals surface area contributed by atoms with Crippen LogP contribution >= 0.6 is 0 Å². The van der Waals surface area contributed by atoms with Gasteiger partial charge in [-0.15, -0.1) is 0 Å². The molecule has 0 aliphatic rings. The van der Waals surface area contributed by atoms with Crippen LogP contribution in [0.5, 0.6) is 17.2 Å². The Kier molecular flexibility index (Phi) is 3.40. The summed E-state index contributed by atoms with van der Waals surface area (Å²) in [5.74, 6) is 1.48. The largest absolute Gasteiger partial charge is 0.493 e. The predicted octanol–water partition coefficient (Wildman–Crippen LogP) is 1.03. The molecule has 1 aromatic rings. The SMILES string of the molecule is COc1cccc(OC)c1OCO. The van der Waals surface area contributed by atoms with Gasteiger partial charge in [-0.3, -0.25) is 0 Å². The fraction of sp³-hybridized carbons (Fsp3) is 0.333. The van der Waals surface area contributed by atoms with Gasteiger partial charge in [-0.05, 0) is 12.1 Å². The highest BCUT2D eigenvalue weighted by Crippen LogP contribution is 2.36. The van der Waals surface area contributed by atoms with Crippen LogP contribution in [0.15, 0.2) is 18.2 Å². The topological polar surface area (TPSA) is 47.9 Å². The molecular weight excluding hydrogens is 172 g/mol. The van der Waals surface area contributed by atoms with Gasteiger partial charge in [0.15, 0.2) is 18.3 Å². The van der Waals surface area contributed by atoms with Gasteiger partial charge in [-0.1, -0.05) is 6.07 Å². The van der Waals surface area contributed by atoms with Crippen molar-refractivity contribution in [1.82, 2.24) is 0 Å². The Hall–Kier alpha value is -1.42. The highest BCUT2D eigenvalue weighted by Gasteiger charge is 2.09. The fourth-order valence-corrected chi connectivity index (χ4v) is 1.02. The fourth-order valence-electron chi connectivity index (χ4n) is 1.02. The monoisotopic (exact) mass is 184 g/mol. The quantitative estimate of drug-likeness (QED) is 0.710. The van der Waals surface area contributed by atoms with Crippen molar-refractivity contribution in [1.29, 1.82) is 0 Å². The summed E-state index contributed by atoms with van der Waals surface area (Å²) in [6.07, 6.45) is 0. The van der Waals surface area contributed by atoms with Crippen molar-refractivity contribution in [3.05, 3.63) is 18.2 Å². The van der Waals surface area contributed by atoms with Crippen LogP contribution in [0.4, 0.5) is 0 Å². The van der Waals surface area contributed by atoms with E-state index in [0.717, 1.165) is 0 Å². The third kappa shape index (κ3) is 2.03. The minimum absolute atomic E-state index is 0.406. The molecule has 0 unspecified atom stereocenters. The summed E-state index contributed by atoms with van der Waals surface area (Å²) < 4.78 is 15.0. The van der Waals surface area contributed by atoms with Crippen molar-refractivity contribution < 1.29 is 19.3 Å². The molecule has 1 rings (SSSR count). The Bertz CT molecular complexity index is 250. The van der Waals surface area contributed by atoms with Gasteiger partial charge >= 0.3 is 0 Å². The number of rotatable bonds is 4. The number of ether oxygens (including phenoxy) is 3. The molecule has 0 saturated heterocycles. The van der Waals surface area contributed by atoms with E-state index >= 15 is 0 Å². The van der Waals surface area contributed by atoms with E-state index in [2.05, 4.69) is 0 Å². The Labute approximate surface area is 76.7 Å². The van der Waals surface area contributed by atoms with E-state index in [1.165, 1.54) is 14.2 Å². The number of benzene rings is 1. The van der Waals surface area contributed by atoms with Gasteiger partial charge < -0.3 is 19.3 Å². The lowest BCUT2D eigenvalue weighted by molar-refractivity contribution is 0.0922. The molecule has 72 valence electrons. The molecule has 0 amide bonds. The van der Waals surface area contributed by atoms with Gasteiger partial charge in [-0.25, -0.2) is 0 Å². The first-order valence-corrected chi connectivity index (χ1v) is 3.78. The second kappa shape index (κ2) is 4.57. The van der Waals surface area contributed by atoms with Crippen LogP contribution < -0.4 is 14.2 Å². The molecule has 4 nitrogen and oxygen atoms in total. The van der Waals surface area contributed by atoms with Gasteiger partial charge in [0, 0.05) is 0 Å². The number of para-hydroxylation sites is 1. The standard InChI is InChI=1S/C9H12O4/c1-11-7-4-3-5-8(12-2)9(7)13-6-10/h3-5,10H,6H2,1-2H3. The summed E-state index contributed by atoms with van der Waals surface area (Å²) in [5, 5.41) is 8.63. The lowest BCUT2D eigenvalue weighted by atomic mass is 10.3. The van der Waals surface area contributed by atoms with E-state index < -0.39 is 6.79 Å². The van der Waals surface area contributed by atoms with Gasteiger partial charge in [0.25, 0.3) is 0 Å². The second-order valence-electron chi connectivity index (χ2n) is 2.27. The van der Waals surface area contributed by atoms with Crippen LogP contribution in [0, 0.1) is 0 Å². The van der Waals surface area contributed by atoms with E-state index in [1.807, 2.05) is 0 Å². The van der Waals surface area contributed by atoms with Crippen LogP contribution in [0.2, 0.25) is 0 Å². The van der Waals surface area contributed by atoms with Crippen LogP contribution in [-0.4, -0.2) is 26.1 Å². The molecule has 0 aliphatic carbocycles. The van der Waals surface area contributed by atoms with Crippen molar-refractivity contribution in [3.63, 3.8) is 0 Å². The van der Waals surface area contributed by atoms with E-state index in [-0.39, 0.29) is 0 Å². The molecule has 0 fully saturated rings. The van der Waals surface area contributed by atoms with Gasteiger partial charge in [-0.2, -0.15) is 0 Å². The molecule has 0 aromatic heterocycles. The maximum atomic E-state index is 8.63. The summed E-state index contributed by atoms with van der Waals surface area (Å²) >= 11 is 0. The molecule has 0 bridgehead atoms. The molecule has 0 atom stereocenters. The predicted molar refractivity (Wildman–Crippen MR) is 47.3 cm³/mol. The third-order valence-corrected chi connectivity index (χ3v) is 1.59. The van der Waals surface area contributed by atoms with Crippen molar-refractivity contribution in [3.8, 4) is 17.2 Å². The van der Waals surface area contributed by atoms with Crippen LogP contribution in [0.25, 0.3) is 0 Å². The minimum Gasteiger partial charge on any atom is -0.493 e. The Balaban J connectivity index is 3.05. The number of aliphatic hydroxyl groups excluding tert-OH is 1. The zero-order valence-corrected chi connectivity index (χ0v) is 7.61. The second-order valence-corrected chi connectivity index (χ2v) is 2.27. The molecular formula is C9H12O4. The summed E-state index contributed by atoms with van der Waals surface area (Å²) in [4.78, 5) is 0. The molecule has 1 N–H and O–H groups in total. The smallest absolute Gasteiger partial charge is 0.206 e. The molecule has 0 spiro atoms. The molecule has 1 aromatic carbocycles. The Morgan fingerprint density at radius 3 is 2.08 bits per heavy atom. The molecule has 0 radical (unpaired) electrons. The first kappa shape index (κ1) is 9.67. The summed E-state index contributed by atoms with van der Waals surface area (Å²) in [6, 6.07) is 5.24. The van der Waals surface area contributed by atoms with Gasteiger partial charge in [0.05, 0.1) is 14.2 Å². The summed E-state index contributed by atoms with van der Waals surface area (Å²) in [5.41, 5.74) is 0. The molecule has 4 heteroatoms. The van der Waals surface area contributed by atoms with Crippen molar-refractivity contribution in [2.45, 2.75) is 0 Å². The molecule has 0 heterocycles. The number of hydrogen-bond acceptors (Lipinski definition) is 4. The first-order valence-electron chi connectivity index (χ1n) is 3.78. The van der Waals surface area contributed by atoms with Crippen LogP contribution in [-0.2, 0) is 0 Å². The summed E-state index contributed by atoms with van der Waals surface area (Å²) in [7, 11) is 3.05. The zero-order valence-electron chi connectivity index (χ0n) is 7.61. The van der Waals surface area contributed by atoms with E-state index in [4.69, 9.17) is 19.3 Å². The van der Waals surface area contributed by atoms with Gasteiger partial charge in [0.1, 0.15) is 0 Å². The number of hydrogen-bond donors (Lipinski definition) is 1.